The molecule has 132 valence electrons. The Labute approximate surface area is 154 Å². The summed E-state index contributed by atoms with van der Waals surface area (Å²) in [6.45, 7) is 4.41. The summed E-state index contributed by atoms with van der Waals surface area (Å²) in [5, 5.41) is 6.45. The van der Waals surface area contributed by atoms with Crippen LogP contribution < -0.4 is 10.6 Å². The largest absolute Gasteiger partial charge is 0.368 e. The zero-order chi connectivity index (χ0) is 18.4. The second-order valence-electron chi connectivity index (χ2n) is 6.52. The predicted octanol–water partition coefficient (Wildman–Crippen LogP) is 4.03. The molecule has 0 aliphatic carbocycles. The van der Waals surface area contributed by atoms with Crippen LogP contribution in [-0.4, -0.2) is 10.9 Å². The van der Waals surface area contributed by atoms with Crippen molar-refractivity contribution < 1.29 is 4.79 Å². The van der Waals surface area contributed by atoms with Gasteiger partial charge >= 0.3 is 0 Å². The van der Waals surface area contributed by atoms with Gasteiger partial charge in [-0.15, -0.1) is 0 Å². The van der Waals surface area contributed by atoms with Gasteiger partial charge in [-0.25, -0.2) is 0 Å². The molecule has 0 radical (unpaired) electrons. The quantitative estimate of drug-likeness (QED) is 0.709. The molecule has 0 spiro atoms. The van der Waals surface area contributed by atoms with E-state index in [0.29, 0.717) is 6.54 Å². The van der Waals surface area contributed by atoms with E-state index in [1.54, 1.807) is 12.4 Å². The van der Waals surface area contributed by atoms with E-state index in [9.17, 15) is 4.79 Å². The van der Waals surface area contributed by atoms with Gasteiger partial charge in [0.2, 0.25) is 5.91 Å². The number of carbonyl (C=O) groups is 1. The van der Waals surface area contributed by atoms with Crippen LogP contribution in [0.3, 0.4) is 0 Å². The fraction of sp³-hybridized carbons (Fsp3) is 0.182. The van der Waals surface area contributed by atoms with Crippen LogP contribution in [0.2, 0.25) is 0 Å². The second-order valence-corrected chi connectivity index (χ2v) is 6.52. The molecule has 2 aromatic carbocycles. The number of benzene rings is 2. The summed E-state index contributed by atoms with van der Waals surface area (Å²) >= 11 is 0. The molecule has 1 heterocycles. The van der Waals surface area contributed by atoms with Gasteiger partial charge in [-0.3, -0.25) is 9.78 Å². The first-order chi connectivity index (χ1) is 12.6. The first-order valence-electron chi connectivity index (χ1n) is 8.65. The average molecular weight is 345 g/mol. The molecule has 1 atom stereocenters. The maximum atomic E-state index is 13.1. The van der Waals surface area contributed by atoms with E-state index in [1.807, 2.05) is 80.6 Å². The predicted molar refractivity (Wildman–Crippen MR) is 105 cm³/mol. The standard InChI is InChI=1S/C22H23N3O/c1-17-8-10-20(11-9-17)25-22(2,19-6-4-3-5-7-19)21(26)24-16-18-12-14-23-15-13-18/h3-15,25H,16H2,1-2H3,(H,24,26). The fourth-order valence-corrected chi connectivity index (χ4v) is 2.82. The number of anilines is 1. The lowest BCUT2D eigenvalue weighted by atomic mass is 9.90. The molecule has 1 unspecified atom stereocenters. The van der Waals surface area contributed by atoms with Gasteiger partial charge in [-0.1, -0.05) is 48.0 Å². The van der Waals surface area contributed by atoms with Gasteiger partial charge in [-0.2, -0.15) is 0 Å². The SMILES string of the molecule is Cc1ccc(NC(C)(C(=O)NCc2ccncc2)c2ccccc2)cc1. The number of aryl methyl sites for hydroxylation is 1. The minimum absolute atomic E-state index is 0.0823. The number of carbonyl (C=O) groups excluding carboxylic acids is 1. The summed E-state index contributed by atoms with van der Waals surface area (Å²) < 4.78 is 0. The van der Waals surface area contributed by atoms with Crippen molar-refractivity contribution in [1.29, 1.82) is 0 Å². The van der Waals surface area contributed by atoms with E-state index < -0.39 is 5.54 Å². The van der Waals surface area contributed by atoms with Gasteiger partial charge in [0.05, 0.1) is 0 Å². The van der Waals surface area contributed by atoms with E-state index >= 15 is 0 Å². The zero-order valence-electron chi connectivity index (χ0n) is 15.1. The van der Waals surface area contributed by atoms with Gasteiger partial charge < -0.3 is 10.6 Å². The van der Waals surface area contributed by atoms with Crippen LogP contribution in [0.5, 0.6) is 0 Å². The molecule has 0 saturated heterocycles. The molecule has 3 rings (SSSR count). The van der Waals surface area contributed by atoms with Crippen LogP contribution in [0, 0.1) is 6.92 Å². The Hall–Kier alpha value is -3.14. The van der Waals surface area contributed by atoms with Crippen molar-refractivity contribution in [3.63, 3.8) is 0 Å². The Morgan fingerprint density at radius 3 is 2.27 bits per heavy atom. The lowest BCUT2D eigenvalue weighted by Gasteiger charge is -2.31. The minimum atomic E-state index is -0.885. The molecule has 0 fully saturated rings. The van der Waals surface area contributed by atoms with Crippen molar-refractivity contribution in [1.82, 2.24) is 10.3 Å². The summed E-state index contributed by atoms with van der Waals surface area (Å²) in [7, 11) is 0. The number of nitrogens with zero attached hydrogens (tertiary/aromatic N) is 1. The van der Waals surface area contributed by atoms with Crippen LogP contribution in [-0.2, 0) is 16.9 Å². The van der Waals surface area contributed by atoms with E-state index in [1.165, 1.54) is 5.56 Å². The molecule has 0 aliphatic heterocycles. The molecule has 4 nitrogen and oxygen atoms in total. The van der Waals surface area contributed by atoms with Gasteiger partial charge in [0.25, 0.3) is 0 Å². The first-order valence-corrected chi connectivity index (χ1v) is 8.65. The molecular formula is C22H23N3O. The summed E-state index contributed by atoms with van der Waals surface area (Å²) in [5.74, 6) is -0.0823. The summed E-state index contributed by atoms with van der Waals surface area (Å²) in [5.41, 5.74) is 3.12. The minimum Gasteiger partial charge on any atom is -0.368 e. The summed E-state index contributed by atoms with van der Waals surface area (Å²) in [6, 6.07) is 21.6. The van der Waals surface area contributed by atoms with E-state index in [0.717, 1.165) is 16.8 Å². The maximum absolute atomic E-state index is 13.1. The molecule has 0 aliphatic rings. The van der Waals surface area contributed by atoms with Crippen molar-refractivity contribution in [3.05, 3.63) is 95.8 Å². The average Bonchev–Trinajstić information content (AvgIpc) is 2.69. The Balaban J connectivity index is 1.84. The maximum Gasteiger partial charge on any atom is 0.250 e. The molecule has 26 heavy (non-hydrogen) atoms. The second kappa shape index (κ2) is 7.83. The van der Waals surface area contributed by atoms with Crippen LogP contribution in [0.1, 0.15) is 23.6 Å². The van der Waals surface area contributed by atoms with Crippen LogP contribution in [0.4, 0.5) is 5.69 Å². The molecule has 1 amide bonds. The van der Waals surface area contributed by atoms with Crippen molar-refractivity contribution in [2.24, 2.45) is 0 Å². The highest BCUT2D eigenvalue weighted by molar-refractivity contribution is 5.90. The van der Waals surface area contributed by atoms with E-state index in [4.69, 9.17) is 0 Å². The lowest BCUT2D eigenvalue weighted by molar-refractivity contribution is -0.125. The number of hydrogen-bond acceptors (Lipinski definition) is 3. The van der Waals surface area contributed by atoms with E-state index in [-0.39, 0.29) is 5.91 Å². The molecule has 1 aromatic heterocycles. The van der Waals surface area contributed by atoms with Crippen molar-refractivity contribution in [2.45, 2.75) is 25.9 Å². The topological polar surface area (TPSA) is 54.0 Å². The normalized spacial score (nSPS) is 12.8. The number of pyridine rings is 1. The number of rotatable bonds is 6. The van der Waals surface area contributed by atoms with Crippen molar-refractivity contribution >= 4 is 11.6 Å². The number of aromatic nitrogens is 1. The third kappa shape index (κ3) is 4.09. The van der Waals surface area contributed by atoms with E-state index in [2.05, 4.69) is 15.6 Å². The number of amides is 1. The Morgan fingerprint density at radius 2 is 1.62 bits per heavy atom. The van der Waals surface area contributed by atoms with Gasteiger partial charge in [-0.05, 0) is 49.2 Å². The summed E-state index contributed by atoms with van der Waals surface area (Å²) in [6.07, 6.45) is 3.45. The van der Waals surface area contributed by atoms with Crippen LogP contribution >= 0.6 is 0 Å². The molecule has 0 bridgehead atoms. The fourth-order valence-electron chi connectivity index (χ4n) is 2.82. The summed E-state index contributed by atoms with van der Waals surface area (Å²) in [4.78, 5) is 17.1. The third-order valence-electron chi connectivity index (χ3n) is 4.45. The van der Waals surface area contributed by atoms with Gasteiger partial charge in [0.1, 0.15) is 5.54 Å². The molecule has 2 N–H and O–H groups in total. The highest BCUT2D eigenvalue weighted by Crippen LogP contribution is 2.27. The highest BCUT2D eigenvalue weighted by atomic mass is 16.2. The Kier molecular flexibility index (Phi) is 5.32. The number of hydrogen-bond donors (Lipinski definition) is 2. The lowest BCUT2D eigenvalue weighted by Crippen LogP contribution is -2.47. The van der Waals surface area contributed by atoms with Gasteiger partial charge in [0, 0.05) is 24.6 Å². The highest BCUT2D eigenvalue weighted by Gasteiger charge is 2.34. The molecule has 0 saturated carbocycles. The Morgan fingerprint density at radius 1 is 0.962 bits per heavy atom. The van der Waals surface area contributed by atoms with Gasteiger partial charge in [0.15, 0.2) is 0 Å². The van der Waals surface area contributed by atoms with Crippen molar-refractivity contribution in [2.75, 3.05) is 5.32 Å². The molecule has 4 heteroatoms. The number of nitrogens with one attached hydrogen (secondary N) is 2. The van der Waals surface area contributed by atoms with Crippen LogP contribution in [0.15, 0.2) is 79.1 Å². The monoisotopic (exact) mass is 345 g/mol. The third-order valence-corrected chi connectivity index (χ3v) is 4.45. The molecule has 3 aromatic rings. The Bertz CT molecular complexity index is 848. The van der Waals surface area contributed by atoms with Crippen LogP contribution in [0.25, 0.3) is 0 Å². The van der Waals surface area contributed by atoms with Crippen molar-refractivity contribution in [3.8, 4) is 0 Å². The zero-order valence-corrected chi connectivity index (χ0v) is 15.1. The first kappa shape index (κ1) is 17.7. The smallest absolute Gasteiger partial charge is 0.250 e. The molecular weight excluding hydrogens is 322 g/mol.